The molecule has 138 valence electrons. The molecule has 7 nitrogen and oxygen atoms in total. The molecule has 0 saturated carbocycles. The second-order valence-corrected chi connectivity index (χ2v) is 6.39. The summed E-state index contributed by atoms with van der Waals surface area (Å²) in [6.45, 7) is 1.64. The molecule has 0 aliphatic heterocycles. The van der Waals surface area contributed by atoms with Gasteiger partial charge in [-0.3, -0.25) is 14.9 Å². The molecule has 0 saturated heterocycles. The van der Waals surface area contributed by atoms with E-state index in [4.69, 9.17) is 0 Å². The maximum absolute atomic E-state index is 12.5. The van der Waals surface area contributed by atoms with E-state index in [1.807, 2.05) is 53.2 Å². The number of benzene rings is 2. The molecule has 2 aromatic heterocycles. The normalized spacial score (nSPS) is 10.8. The Labute approximate surface area is 160 Å². The predicted molar refractivity (Wildman–Crippen MR) is 106 cm³/mol. The van der Waals surface area contributed by atoms with E-state index in [1.54, 1.807) is 25.1 Å². The summed E-state index contributed by atoms with van der Waals surface area (Å²) in [6, 6.07) is 17.5. The summed E-state index contributed by atoms with van der Waals surface area (Å²) in [4.78, 5) is 27.7. The van der Waals surface area contributed by atoms with E-state index in [-0.39, 0.29) is 11.3 Å². The molecule has 0 fully saturated rings. The third-order valence-corrected chi connectivity index (χ3v) is 4.45. The second-order valence-electron chi connectivity index (χ2n) is 6.39. The van der Waals surface area contributed by atoms with Crippen LogP contribution in [0.15, 0.2) is 73.1 Å². The number of nitro benzene ring substituents is 1. The molecular formula is C21H16N4O3. The molecule has 2 heterocycles. The van der Waals surface area contributed by atoms with Gasteiger partial charge in [0, 0.05) is 40.8 Å². The SMILES string of the molecule is Cc1ccc(C(=O)Nc2cccc(-c3cn4ccccc4n3)c2)cc1[N+](=O)[O-]. The van der Waals surface area contributed by atoms with Gasteiger partial charge in [0.25, 0.3) is 11.6 Å². The number of hydrogen-bond donors (Lipinski definition) is 1. The monoisotopic (exact) mass is 372 g/mol. The molecule has 0 aliphatic rings. The molecule has 7 heteroatoms. The van der Waals surface area contributed by atoms with Crippen LogP contribution in [0.4, 0.5) is 11.4 Å². The van der Waals surface area contributed by atoms with Gasteiger partial charge in [-0.2, -0.15) is 0 Å². The van der Waals surface area contributed by atoms with Crippen molar-refractivity contribution < 1.29 is 9.72 Å². The first-order chi connectivity index (χ1) is 13.5. The molecule has 0 unspecified atom stereocenters. The minimum Gasteiger partial charge on any atom is -0.322 e. The smallest absolute Gasteiger partial charge is 0.273 e. The number of aromatic nitrogens is 2. The number of nitro groups is 1. The van der Waals surface area contributed by atoms with Crippen LogP contribution in [0.2, 0.25) is 0 Å². The van der Waals surface area contributed by atoms with Crippen LogP contribution in [0, 0.1) is 17.0 Å². The van der Waals surface area contributed by atoms with Crippen LogP contribution in [0.3, 0.4) is 0 Å². The first-order valence-corrected chi connectivity index (χ1v) is 8.62. The third-order valence-electron chi connectivity index (χ3n) is 4.45. The van der Waals surface area contributed by atoms with Gasteiger partial charge in [0.1, 0.15) is 5.65 Å². The van der Waals surface area contributed by atoms with Crippen LogP contribution in [0.25, 0.3) is 16.9 Å². The zero-order valence-corrected chi connectivity index (χ0v) is 15.0. The molecule has 2 aromatic carbocycles. The Morgan fingerprint density at radius 1 is 1.11 bits per heavy atom. The molecule has 1 N–H and O–H groups in total. The van der Waals surface area contributed by atoms with Gasteiger partial charge in [0.05, 0.1) is 10.6 Å². The molecule has 0 spiro atoms. The summed E-state index contributed by atoms with van der Waals surface area (Å²) in [7, 11) is 0. The maximum Gasteiger partial charge on any atom is 0.273 e. The number of imidazole rings is 1. The summed E-state index contributed by atoms with van der Waals surface area (Å²) in [5.41, 5.74) is 3.73. The number of fused-ring (bicyclic) bond motifs is 1. The summed E-state index contributed by atoms with van der Waals surface area (Å²) in [5, 5.41) is 13.9. The number of pyridine rings is 1. The molecule has 0 aliphatic carbocycles. The summed E-state index contributed by atoms with van der Waals surface area (Å²) in [5.74, 6) is -0.407. The molecule has 0 radical (unpaired) electrons. The lowest BCUT2D eigenvalue weighted by atomic mass is 10.1. The lowest BCUT2D eigenvalue weighted by molar-refractivity contribution is -0.385. The zero-order valence-electron chi connectivity index (χ0n) is 15.0. The third kappa shape index (κ3) is 3.33. The summed E-state index contributed by atoms with van der Waals surface area (Å²) in [6.07, 6.45) is 3.83. The van der Waals surface area contributed by atoms with Gasteiger partial charge in [-0.25, -0.2) is 4.98 Å². The van der Waals surface area contributed by atoms with Crippen molar-refractivity contribution in [1.29, 1.82) is 0 Å². The summed E-state index contributed by atoms with van der Waals surface area (Å²) < 4.78 is 1.92. The van der Waals surface area contributed by atoms with E-state index < -0.39 is 10.8 Å². The number of carbonyl (C=O) groups excluding carboxylic acids is 1. The molecular weight excluding hydrogens is 356 g/mol. The van der Waals surface area contributed by atoms with E-state index >= 15 is 0 Å². The highest BCUT2D eigenvalue weighted by Crippen LogP contribution is 2.24. The molecule has 4 aromatic rings. The van der Waals surface area contributed by atoms with Crippen molar-refractivity contribution in [2.24, 2.45) is 0 Å². The van der Waals surface area contributed by atoms with Gasteiger partial charge < -0.3 is 9.72 Å². The van der Waals surface area contributed by atoms with Crippen LogP contribution in [-0.2, 0) is 0 Å². The minimum absolute atomic E-state index is 0.0777. The van der Waals surface area contributed by atoms with Crippen LogP contribution >= 0.6 is 0 Å². The first-order valence-electron chi connectivity index (χ1n) is 8.62. The Morgan fingerprint density at radius 2 is 1.96 bits per heavy atom. The lowest BCUT2D eigenvalue weighted by Gasteiger charge is -2.07. The van der Waals surface area contributed by atoms with E-state index in [1.165, 1.54) is 6.07 Å². The van der Waals surface area contributed by atoms with Crippen molar-refractivity contribution in [2.75, 3.05) is 5.32 Å². The Balaban J connectivity index is 1.60. The lowest BCUT2D eigenvalue weighted by Crippen LogP contribution is -2.12. The van der Waals surface area contributed by atoms with Crippen LogP contribution in [0.5, 0.6) is 0 Å². The second kappa shape index (κ2) is 6.96. The molecule has 0 bridgehead atoms. The van der Waals surface area contributed by atoms with E-state index in [0.717, 1.165) is 16.9 Å². The van der Waals surface area contributed by atoms with Gasteiger partial charge in [-0.15, -0.1) is 0 Å². The number of anilines is 1. The average molecular weight is 372 g/mol. The maximum atomic E-state index is 12.5. The van der Waals surface area contributed by atoms with Crippen LogP contribution in [0.1, 0.15) is 15.9 Å². The molecule has 0 atom stereocenters. The Hall–Kier alpha value is -4.00. The fourth-order valence-corrected chi connectivity index (χ4v) is 2.98. The van der Waals surface area contributed by atoms with Crippen LogP contribution in [-0.4, -0.2) is 20.2 Å². The molecule has 28 heavy (non-hydrogen) atoms. The number of aryl methyl sites for hydroxylation is 1. The first kappa shape index (κ1) is 17.4. The fourth-order valence-electron chi connectivity index (χ4n) is 2.98. The largest absolute Gasteiger partial charge is 0.322 e. The number of hydrogen-bond acceptors (Lipinski definition) is 4. The van der Waals surface area contributed by atoms with E-state index in [0.29, 0.717) is 11.3 Å². The number of nitrogens with zero attached hydrogens (tertiary/aromatic N) is 3. The van der Waals surface area contributed by atoms with Crippen molar-refractivity contribution in [1.82, 2.24) is 9.38 Å². The van der Waals surface area contributed by atoms with Gasteiger partial charge in [-0.1, -0.05) is 24.3 Å². The van der Waals surface area contributed by atoms with Crippen LogP contribution < -0.4 is 5.32 Å². The number of amides is 1. The van der Waals surface area contributed by atoms with Crippen molar-refractivity contribution >= 4 is 22.9 Å². The quantitative estimate of drug-likeness (QED) is 0.423. The van der Waals surface area contributed by atoms with E-state index in [9.17, 15) is 14.9 Å². The standard InChI is InChI=1S/C21H16N4O3/c1-14-8-9-16(12-19(14)25(27)28)21(26)22-17-6-4-5-15(11-17)18-13-24-10-3-2-7-20(24)23-18/h2-13H,1H3,(H,22,26). The minimum atomic E-state index is -0.490. The zero-order chi connectivity index (χ0) is 19.7. The summed E-state index contributed by atoms with van der Waals surface area (Å²) >= 11 is 0. The highest BCUT2D eigenvalue weighted by molar-refractivity contribution is 6.05. The fraction of sp³-hybridized carbons (Fsp3) is 0.0476. The topological polar surface area (TPSA) is 89.5 Å². The van der Waals surface area contributed by atoms with Crippen molar-refractivity contribution in [3.8, 4) is 11.3 Å². The van der Waals surface area contributed by atoms with Crippen molar-refractivity contribution in [3.63, 3.8) is 0 Å². The van der Waals surface area contributed by atoms with Gasteiger partial charge in [-0.05, 0) is 37.3 Å². The highest BCUT2D eigenvalue weighted by atomic mass is 16.6. The Kier molecular flexibility index (Phi) is 4.33. The molecule has 4 rings (SSSR count). The van der Waals surface area contributed by atoms with E-state index in [2.05, 4.69) is 10.3 Å². The Bertz CT molecular complexity index is 1180. The van der Waals surface area contributed by atoms with Crippen molar-refractivity contribution in [3.05, 3.63) is 94.3 Å². The number of nitrogens with one attached hydrogen (secondary N) is 1. The highest BCUT2D eigenvalue weighted by Gasteiger charge is 2.15. The average Bonchev–Trinajstić information content (AvgIpc) is 3.12. The predicted octanol–water partition coefficient (Wildman–Crippen LogP) is 4.47. The van der Waals surface area contributed by atoms with Gasteiger partial charge in [0.15, 0.2) is 0 Å². The van der Waals surface area contributed by atoms with Crippen molar-refractivity contribution in [2.45, 2.75) is 6.92 Å². The molecule has 1 amide bonds. The van der Waals surface area contributed by atoms with Gasteiger partial charge >= 0.3 is 0 Å². The Morgan fingerprint density at radius 3 is 2.75 bits per heavy atom. The number of carbonyl (C=O) groups is 1. The number of rotatable bonds is 4. The van der Waals surface area contributed by atoms with Gasteiger partial charge in [0.2, 0.25) is 0 Å².